The minimum absolute atomic E-state index is 0.126. The Morgan fingerprint density at radius 3 is 2.58 bits per heavy atom. The summed E-state index contributed by atoms with van der Waals surface area (Å²) < 4.78 is 5.78. The van der Waals surface area contributed by atoms with Crippen molar-refractivity contribution in [2.45, 2.75) is 51.0 Å². The van der Waals surface area contributed by atoms with Crippen molar-refractivity contribution in [3.63, 3.8) is 0 Å². The smallest absolute Gasteiger partial charge is 0.258 e. The molecule has 1 aromatic heterocycles. The number of benzene rings is 2. The van der Waals surface area contributed by atoms with Crippen molar-refractivity contribution < 1.29 is 14.3 Å². The molecule has 9 nitrogen and oxygen atoms in total. The number of fused-ring (bicyclic) bond motifs is 1. The number of amides is 2. The molecule has 2 amide bonds. The van der Waals surface area contributed by atoms with Crippen molar-refractivity contribution in [1.82, 2.24) is 9.97 Å². The fourth-order valence-electron chi connectivity index (χ4n) is 4.88. The molecule has 186 valence electrons. The SMILES string of the molecule is CCC1CCCCN1c1nc2c(c(=O)[nH]1)C(C(=O)Nc1ccc(Oc3ccccc3)cc1)CC(=O)N2. The van der Waals surface area contributed by atoms with E-state index in [1.54, 1.807) is 24.3 Å². The highest BCUT2D eigenvalue weighted by Gasteiger charge is 2.35. The van der Waals surface area contributed by atoms with Gasteiger partial charge in [-0.1, -0.05) is 25.1 Å². The van der Waals surface area contributed by atoms with E-state index in [0.717, 1.165) is 32.2 Å². The molecule has 2 unspecified atom stereocenters. The van der Waals surface area contributed by atoms with Crippen LogP contribution in [0.5, 0.6) is 11.5 Å². The average molecular weight is 488 g/mol. The first kappa shape index (κ1) is 23.6. The summed E-state index contributed by atoms with van der Waals surface area (Å²) in [5, 5.41) is 5.52. The van der Waals surface area contributed by atoms with Crippen LogP contribution in [0.2, 0.25) is 0 Å². The van der Waals surface area contributed by atoms with E-state index in [9.17, 15) is 14.4 Å². The van der Waals surface area contributed by atoms with Crippen LogP contribution in [-0.4, -0.2) is 34.4 Å². The van der Waals surface area contributed by atoms with Crippen molar-refractivity contribution in [3.05, 3.63) is 70.5 Å². The molecule has 2 aromatic carbocycles. The maximum absolute atomic E-state index is 13.2. The number of anilines is 3. The second kappa shape index (κ2) is 10.2. The second-order valence-corrected chi connectivity index (χ2v) is 9.14. The predicted molar refractivity (Wildman–Crippen MR) is 138 cm³/mol. The van der Waals surface area contributed by atoms with Crippen LogP contribution in [0.4, 0.5) is 17.5 Å². The van der Waals surface area contributed by atoms with E-state index in [2.05, 4.69) is 32.4 Å². The lowest BCUT2D eigenvalue weighted by molar-refractivity contribution is -0.123. The van der Waals surface area contributed by atoms with Crippen molar-refractivity contribution in [3.8, 4) is 11.5 Å². The van der Waals surface area contributed by atoms with Gasteiger partial charge in [0.05, 0.1) is 11.5 Å². The molecule has 3 N–H and O–H groups in total. The molecule has 1 fully saturated rings. The Bertz CT molecular complexity index is 1310. The summed E-state index contributed by atoms with van der Waals surface area (Å²) in [5.41, 5.74) is 0.320. The van der Waals surface area contributed by atoms with E-state index in [1.165, 1.54) is 0 Å². The minimum Gasteiger partial charge on any atom is -0.457 e. The minimum atomic E-state index is -0.942. The molecular formula is C27H29N5O4. The number of carbonyl (C=O) groups is 2. The number of rotatable bonds is 6. The standard InChI is InChI=1S/C27H29N5O4/c1-2-18-8-6-7-15-32(18)27-30-24-23(26(35)31-27)21(16-22(33)29-24)25(34)28-17-11-13-20(14-12-17)36-19-9-4-3-5-10-19/h3-5,9-14,18,21H,2,6-8,15-16H2,1H3,(H,28,34)(H2,29,30,31,33,35). The summed E-state index contributed by atoms with van der Waals surface area (Å²) in [6, 6.07) is 16.6. The molecule has 3 heterocycles. The fourth-order valence-corrected chi connectivity index (χ4v) is 4.88. The lowest BCUT2D eigenvalue weighted by atomic mass is 9.92. The van der Waals surface area contributed by atoms with Crippen LogP contribution in [0, 0.1) is 0 Å². The van der Waals surface area contributed by atoms with Gasteiger partial charge in [-0.05, 0) is 62.1 Å². The van der Waals surface area contributed by atoms with Crippen LogP contribution in [0.25, 0.3) is 0 Å². The van der Waals surface area contributed by atoms with Gasteiger partial charge in [-0.15, -0.1) is 0 Å². The zero-order chi connectivity index (χ0) is 25.1. The topological polar surface area (TPSA) is 116 Å². The van der Waals surface area contributed by atoms with Gasteiger partial charge in [-0.2, -0.15) is 4.98 Å². The number of H-pyrrole nitrogens is 1. The molecule has 0 radical (unpaired) electrons. The Morgan fingerprint density at radius 2 is 1.83 bits per heavy atom. The lowest BCUT2D eigenvalue weighted by Gasteiger charge is -2.36. The van der Waals surface area contributed by atoms with Crippen LogP contribution in [0.1, 0.15) is 50.5 Å². The van der Waals surface area contributed by atoms with Gasteiger partial charge >= 0.3 is 0 Å². The number of nitrogens with one attached hydrogen (secondary N) is 3. The zero-order valence-electron chi connectivity index (χ0n) is 20.1. The Hall–Kier alpha value is -4.14. The van der Waals surface area contributed by atoms with E-state index in [0.29, 0.717) is 23.1 Å². The van der Waals surface area contributed by atoms with Crippen molar-refractivity contribution >= 4 is 29.3 Å². The molecule has 5 rings (SSSR count). The summed E-state index contributed by atoms with van der Waals surface area (Å²) in [4.78, 5) is 48.3. The summed E-state index contributed by atoms with van der Waals surface area (Å²) in [6.45, 7) is 2.91. The number of hydrogen-bond donors (Lipinski definition) is 3. The number of piperidine rings is 1. The van der Waals surface area contributed by atoms with Gasteiger partial charge in [0.1, 0.15) is 17.3 Å². The lowest BCUT2D eigenvalue weighted by Crippen LogP contribution is -2.43. The average Bonchev–Trinajstić information content (AvgIpc) is 2.89. The van der Waals surface area contributed by atoms with Crippen molar-refractivity contribution in [2.75, 3.05) is 22.1 Å². The summed E-state index contributed by atoms with van der Waals surface area (Å²) >= 11 is 0. The van der Waals surface area contributed by atoms with E-state index in [4.69, 9.17) is 4.74 Å². The molecule has 1 saturated heterocycles. The third kappa shape index (κ3) is 4.95. The van der Waals surface area contributed by atoms with E-state index in [1.807, 2.05) is 30.3 Å². The quantitative estimate of drug-likeness (QED) is 0.475. The highest BCUT2D eigenvalue weighted by atomic mass is 16.5. The first-order valence-corrected chi connectivity index (χ1v) is 12.4. The largest absolute Gasteiger partial charge is 0.457 e. The second-order valence-electron chi connectivity index (χ2n) is 9.14. The van der Waals surface area contributed by atoms with Gasteiger partial charge in [0.2, 0.25) is 17.8 Å². The van der Waals surface area contributed by atoms with Gasteiger partial charge in [0, 0.05) is 24.7 Å². The Morgan fingerprint density at radius 1 is 1.08 bits per heavy atom. The number of ether oxygens (including phenoxy) is 1. The van der Waals surface area contributed by atoms with E-state index in [-0.39, 0.29) is 29.8 Å². The number of carbonyl (C=O) groups excluding carboxylic acids is 2. The Kier molecular flexibility index (Phi) is 6.71. The van der Waals surface area contributed by atoms with Gasteiger partial charge in [-0.3, -0.25) is 19.4 Å². The molecule has 36 heavy (non-hydrogen) atoms. The highest BCUT2D eigenvalue weighted by Crippen LogP contribution is 2.32. The predicted octanol–water partition coefficient (Wildman–Crippen LogP) is 4.40. The summed E-state index contributed by atoms with van der Waals surface area (Å²) in [5.74, 6) is 0.217. The Labute approximate surface area is 208 Å². The number of aromatic nitrogens is 2. The van der Waals surface area contributed by atoms with Crippen LogP contribution >= 0.6 is 0 Å². The first-order valence-electron chi connectivity index (χ1n) is 12.4. The zero-order valence-corrected chi connectivity index (χ0v) is 20.1. The Balaban J connectivity index is 1.35. The maximum atomic E-state index is 13.2. The monoisotopic (exact) mass is 487 g/mol. The van der Waals surface area contributed by atoms with Gasteiger partial charge < -0.3 is 20.3 Å². The van der Waals surface area contributed by atoms with E-state index >= 15 is 0 Å². The summed E-state index contributed by atoms with van der Waals surface area (Å²) in [6.07, 6.45) is 4.00. The number of aromatic amines is 1. The molecule has 0 aliphatic carbocycles. The molecular weight excluding hydrogens is 458 g/mol. The summed E-state index contributed by atoms with van der Waals surface area (Å²) in [7, 11) is 0. The first-order chi connectivity index (χ1) is 17.5. The van der Waals surface area contributed by atoms with E-state index < -0.39 is 17.4 Å². The molecule has 0 spiro atoms. The van der Waals surface area contributed by atoms with Gasteiger partial charge in [0.25, 0.3) is 5.56 Å². The molecule has 0 bridgehead atoms. The molecule has 2 aliphatic heterocycles. The molecule has 0 saturated carbocycles. The number of para-hydroxylation sites is 1. The third-order valence-corrected chi connectivity index (χ3v) is 6.73. The number of nitrogens with zero attached hydrogens (tertiary/aromatic N) is 2. The molecule has 9 heteroatoms. The number of hydrogen-bond acceptors (Lipinski definition) is 6. The molecule has 2 aliphatic rings. The van der Waals surface area contributed by atoms with Gasteiger partial charge in [0.15, 0.2) is 0 Å². The van der Waals surface area contributed by atoms with Gasteiger partial charge in [-0.25, -0.2) is 0 Å². The van der Waals surface area contributed by atoms with Crippen molar-refractivity contribution in [1.29, 1.82) is 0 Å². The van der Waals surface area contributed by atoms with Crippen LogP contribution < -0.4 is 25.8 Å². The van der Waals surface area contributed by atoms with Crippen LogP contribution in [-0.2, 0) is 9.59 Å². The van der Waals surface area contributed by atoms with Crippen LogP contribution in [0.3, 0.4) is 0 Å². The van der Waals surface area contributed by atoms with Crippen LogP contribution in [0.15, 0.2) is 59.4 Å². The molecule has 3 aromatic rings. The highest BCUT2D eigenvalue weighted by molar-refractivity contribution is 6.04. The van der Waals surface area contributed by atoms with Crippen molar-refractivity contribution in [2.24, 2.45) is 0 Å². The molecule has 2 atom stereocenters. The fraction of sp³-hybridized carbons (Fsp3) is 0.333. The third-order valence-electron chi connectivity index (χ3n) is 6.73. The normalized spacial score (nSPS) is 19.2. The maximum Gasteiger partial charge on any atom is 0.258 e.